The first-order valence-electron chi connectivity index (χ1n) is 10.9. The minimum Gasteiger partial charge on any atom is -0.493 e. The van der Waals surface area contributed by atoms with Gasteiger partial charge in [-0.05, 0) is 44.6 Å². The zero-order chi connectivity index (χ0) is 20.8. The van der Waals surface area contributed by atoms with Gasteiger partial charge in [-0.25, -0.2) is 4.98 Å². The molecule has 162 valence electrons. The van der Waals surface area contributed by atoms with Gasteiger partial charge in [-0.1, -0.05) is 12.1 Å². The summed E-state index contributed by atoms with van der Waals surface area (Å²) in [5, 5.41) is 10.5. The van der Waals surface area contributed by atoms with Crippen molar-refractivity contribution in [2.75, 3.05) is 27.2 Å². The second kappa shape index (κ2) is 9.82. The van der Waals surface area contributed by atoms with Gasteiger partial charge < -0.3 is 19.7 Å². The number of nitrogens with one attached hydrogen (secondary N) is 2. The summed E-state index contributed by atoms with van der Waals surface area (Å²) >= 11 is 0. The van der Waals surface area contributed by atoms with Crippen LogP contribution in [0.1, 0.15) is 55.8 Å². The average Bonchev–Trinajstić information content (AvgIpc) is 3.50. The fourth-order valence-electron chi connectivity index (χ4n) is 4.45. The van der Waals surface area contributed by atoms with E-state index in [2.05, 4.69) is 36.5 Å². The van der Waals surface area contributed by atoms with Gasteiger partial charge in [-0.3, -0.25) is 10.1 Å². The first kappa shape index (κ1) is 20.5. The van der Waals surface area contributed by atoms with Crippen molar-refractivity contribution in [1.29, 1.82) is 0 Å². The summed E-state index contributed by atoms with van der Waals surface area (Å²) in [7, 11) is 3.54. The van der Waals surface area contributed by atoms with Crippen LogP contribution in [-0.2, 0) is 6.54 Å². The molecule has 1 aliphatic carbocycles. The maximum atomic E-state index is 6.36. The van der Waals surface area contributed by atoms with Crippen LogP contribution in [-0.4, -0.2) is 59.4 Å². The van der Waals surface area contributed by atoms with Gasteiger partial charge in [0.05, 0.1) is 13.2 Å². The molecule has 1 saturated carbocycles. The molecule has 2 heterocycles. The van der Waals surface area contributed by atoms with Gasteiger partial charge in [-0.2, -0.15) is 5.10 Å². The molecule has 4 rings (SSSR count). The molecule has 2 fully saturated rings. The maximum absolute atomic E-state index is 6.36. The van der Waals surface area contributed by atoms with E-state index in [1.807, 2.05) is 19.2 Å². The number of hydrogen-bond acceptors (Lipinski definition) is 5. The minimum atomic E-state index is 0.287. The van der Waals surface area contributed by atoms with Gasteiger partial charge in [0.2, 0.25) is 0 Å². The van der Waals surface area contributed by atoms with E-state index in [1.165, 1.54) is 12.8 Å². The Labute approximate surface area is 178 Å². The molecule has 1 aromatic heterocycles. The summed E-state index contributed by atoms with van der Waals surface area (Å²) in [4.78, 5) is 11.1. The predicted molar refractivity (Wildman–Crippen MR) is 116 cm³/mol. The van der Waals surface area contributed by atoms with E-state index >= 15 is 0 Å². The van der Waals surface area contributed by atoms with E-state index < -0.39 is 0 Å². The lowest BCUT2D eigenvalue weighted by Gasteiger charge is -2.33. The molecule has 8 nitrogen and oxygen atoms in total. The van der Waals surface area contributed by atoms with E-state index in [4.69, 9.17) is 9.47 Å². The lowest BCUT2D eigenvalue weighted by Crippen LogP contribution is -2.45. The van der Waals surface area contributed by atoms with Gasteiger partial charge in [0.25, 0.3) is 0 Å². The van der Waals surface area contributed by atoms with Crippen molar-refractivity contribution in [1.82, 2.24) is 25.4 Å². The molecule has 0 bridgehead atoms. The minimum absolute atomic E-state index is 0.287. The van der Waals surface area contributed by atoms with E-state index in [1.54, 1.807) is 13.4 Å². The molecule has 0 unspecified atom stereocenters. The Morgan fingerprint density at radius 3 is 2.70 bits per heavy atom. The van der Waals surface area contributed by atoms with Gasteiger partial charge in [0.15, 0.2) is 17.5 Å². The van der Waals surface area contributed by atoms with Crippen LogP contribution >= 0.6 is 0 Å². The SMILES string of the molecule is CN=C(NCc1cccc(OC)c1OC1CCCC1)N1CCC(c2ncn[nH]2)CC1. The smallest absolute Gasteiger partial charge is 0.193 e. The van der Waals surface area contributed by atoms with E-state index in [0.29, 0.717) is 12.5 Å². The lowest BCUT2D eigenvalue weighted by atomic mass is 9.96. The number of methoxy groups -OCH3 is 1. The molecule has 1 aliphatic heterocycles. The Morgan fingerprint density at radius 1 is 1.23 bits per heavy atom. The number of aliphatic imine (C=N–C) groups is 1. The Kier molecular flexibility index (Phi) is 6.71. The van der Waals surface area contributed by atoms with Crippen molar-refractivity contribution in [2.24, 2.45) is 4.99 Å². The monoisotopic (exact) mass is 412 g/mol. The fourth-order valence-corrected chi connectivity index (χ4v) is 4.45. The van der Waals surface area contributed by atoms with Gasteiger partial charge in [0, 0.05) is 38.2 Å². The molecule has 0 radical (unpaired) electrons. The molecule has 0 atom stereocenters. The van der Waals surface area contributed by atoms with Gasteiger partial charge in [-0.15, -0.1) is 0 Å². The molecule has 8 heteroatoms. The van der Waals surface area contributed by atoms with Crippen molar-refractivity contribution in [3.63, 3.8) is 0 Å². The molecule has 2 aliphatic rings. The highest BCUT2D eigenvalue weighted by Gasteiger charge is 2.25. The molecular weight excluding hydrogens is 380 g/mol. The van der Waals surface area contributed by atoms with Crippen LogP contribution in [0.2, 0.25) is 0 Å². The van der Waals surface area contributed by atoms with Gasteiger partial charge >= 0.3 is 0 Å². The highest BCUT2D eigenvalue weighted by molar-refractivity contribution is 5.80. The number of piperidine rings is 1. The zero-order valence-electron chi connectivity index (χ0n) is 17.9. The normalized spacial score (nSPS) is 18.6. The highest BCUT2D eigenvalue weighted by Crippen LogP contribution is 2.35. The number of ether oxygens (including phenoxy) is 2. The first-order valence-corrected chi connectivity index (χ1v) is 10.9. The lowest BCUT2D eigenvalue weighted by molar-refractivity contribution is 0.198. The van der Waals surface area contributed by atoms with E-state index in [-0.39, 0.29) is 6.10 Å². The Bertz CT molecular complexity index is 824. The van der Waals surface area contributed by atoms with Crippen molar-refractivity contribution >= 4 is 5.96 Å². The quantitative estimate of drug-likeness (QED) is 0.560. The second-order valence-corrected chi connectivity index (χ2v) is 8.01. The number of aromatic nitrogens is 3. The molecule has 1 aromatic carbocycles. The number of likely N-dealkylation sites (tertiary alicyclic amines) is 1. The molecule has 30 heavy (non-hydrogen) atoms. The largest absolute Gasteiger partial charge is 0.493 e. The third-order valence-electron chi connectivity index (χ3n) is 6.13. The molecule has 2 aromatic rings. The predicted octanol–water partition coefficient (Wildman–Crippen LogP) is 3.09. The summed E-state index contributed by atoms with van der Waals surface area (Å²) in [5.41, 5.74) is 1.10. The van der Waals surface area contributed by atoms with Crippen LogP contribution in [0.15, 0.2) is 29.5 Å². The number of H-pyrrole nitrogens is 1. The van der Waals surface area contributed by atoms with Crippen LogP contribution in [0.4, 0.5) is 0 Å². The Balaban J connectivity index is 1.38. The maximum Gasteiger partial charge on any atom is 0.193 e. The standard InChI is InChI=1S/C22H32N6O2/c1-23-22(28-12-10-16(11-13-28)21-25-15-26-27-21)24-14-17-6-5-9-19(29-2)20(17)30-18-7-3-4-8-18/h5-6,9,15-16,18H,3-4,7-8,10-14H2,1-2H3,(H,23,24)(H,25,26,27). The van der Waals surface area contributed by atoms with Crippen molar-refractivity contribution in [3.8, 4) is 11.5 Å². The van der Waals surface area contributed by atoms with Crippen molar-refractivity contribution in [3.05, 3.63) is 35.9 Å². The zero-order valence-corrected chi connectivity index (χ0v) is 17.9. The number of aromatic amines is 1. The average molecular weight is 413 g/mol. The van der Waals surface area contributed by atoms with Gasteiger partial charge in [0.1, 0.15) is 12.2 Å². The summed E-state index contributed by atoms with van der Waals surface area (Å²) in [6.45, 7) is 2.52. The number of para-hydroxylation sites is 1. The van der Waals surface area contributed by atoms with Crippen LogP contribution < -0.4 is 14.8 Å². The number of guanidine groups is 1. The van der Waals surface area contributed by atoms with Crippen LogP contribution in [0.3, 0.4) is 0 Å². The molecular formula is C22H32N6O2. The summed E-state index contributed by atoms with van der Waals surface area (Å²) < 4.78 is 11.9. The molecule has 1 saturated heterocycles. The van der Waals surface area contributed by atoms with Crippen LogP contribution in [0.5, 0.6) is 11.5 Å². The van der Waals surface area contributed by atoms with E-state index in [9.17, 15) is 0 Å². The summed E-state index contributed by atoms with van der Waals surface area (Å²) in [5.74, 6) is 4.00. The number of hydrogen-bond donors (Lipinski definition) is 2. The summed E-state index contributed by atoms with van der Waals surface area (Å²) in [6, 6.07) is 6.09. The van der Waals surface area contributed by atoms with E-state index in [0.717, 1.165) is 67.6 Å². The summed E-state index contributed by atoms with van der Waals surface area (Å²) in [6.07, 6.45) is 8.65. The number of rotatable bonds is 6. The first-order chi connectivity index (χ1) is 14.8. The highest BCUT2D eigenvalue weighted by atomic mass is 16.5. The Morgan fingerprint density at radius 2 is 2.03 bits per heavy atom. The molecule has 2 N–H and O–H groups in total. The van der Waals surface area contributed by atoms with Crippen molar-refractivity contribution in [2.45, 2.75) is 57.1 Å². The number of nitrogens with zero attached hydrogens (tertiary/aromatic N) is 4. The molecule has 0 amide bonds. The third kappa shape index (κ3) is 4.68. The third-order valence-corrected chi connectivity index (χ3v) is 6.13. The number of benzene rings is 1. The Hall–Kier alpha value is -2.77. The molecule has 0 spiro atoms. The van der Waals surface area contributed by atoms with Crippen LogP contribution in [0.25, 0.3) is 0 Å². The fraction of sp³-hybridized carbons (Fsp3) is 0.591. The van der Waals surface area contributed by atoms with Crippen molar-refractivity contribution < 1.29 is 9.47 Å². The van der Waals surface area contributed by atoms with Crippen LogP contribution in [0, 0.1) is 0 Å². The topological polar surface area (TPSA) is 87.7 Å². The second-order valence-electron chi connectivity index (χ2n) is 8.01.